The minimum atomic E-state index is 0.0673. The highest BCUT2D eigenvalue weighted by atomic mass is 16.5. The van der Waals surface area contributed by atoms with Gasteiger partial charge >= 0.3 is 0 Å². The number of carbonyl (C=O) groups is 1. The van der Waals surface area contributed by atoms with Gasteiger partial charge in [-0.05, 0) is 44.0 Å². The second-order valence-electron chi connectivity index (χ2n) is 5.28. The smallest absolute Gasteiger partial charge is 0.234 e. The molecule has 0 saturated carbocycles. The van der Waals surface area contributed by atoms with Crippen molar-refractivity contribution in [3.05, 3.63) is 30.1 Å². The summed E-state index contributed by atoms with van der Waals surface area (Å²) in [6.07, 6.45) is 6.89. The number of hydrogen-bond donors (Lipinski definition) is 1. The van der Waals surface area contributed by atoms with Crippen molar-refractivity contribution in [2.75, 3.05) is 33.3 Å². The van der Waals surface area contributed by atoms with E-state index in [1.807, 2.05) is 24.1 Å². The van der Waals surface area contributed by atoms with Crippen LogP contribution >= 0.6 is 0 Å². The van der Waals surface area contributed by atoms with Crippen LogP contribution in [0.1, 0.15) is 18.4 Å². The van der Waals surface area contributed by atoms with E-state index in [4.69, 9.17) is 4.74 Å². The van der Waals surface area contributed by atoms with E-state index in [-0.39, 0.29) is 12.0 Å². The van der Waals surface area contributed by atoms with E-state index < -0.39 is 0 Å². The third kappa shape index (κ3) is 5.27. The Labute approximate surface area is 120 Å². The number of amides is 1. The highest BCUT2D eigenvalue weighted by Crippen LogP contribution is 2.10. The fourth-order valence-electron chi connectivity index (χ4n) is 2.28. The summed E-state index contributed by atoms with van der Waals surface area (Å²) in [5.41, 5.74) is 1.24. The molecule has 0 radical (unpaired) electrons. The van der Waals surface area contributed by atoms with Crippen molar-refractivity contribution in [3.63, 3.8) is 0 Å². The zero-order valence-corrected chi connectivity index (χ0v) is 12.0. The highest BCUT2D eigenvalue weighted by molar-refractivity contribution is 5.77. The van der Waals surface area contributed by atoms with Gasteiger partial charge in [-0.15, -0.1) is 0 Å². The summed E-state index contributed by atoms with van der Waals surface area (Å²) in [4.78, 5) is 17.8. The molecule has 5 nitrogen and oxygen atoms in total. The molecule has 2 heterocycles. The molecule has 0 aliphatic carbocycles. The van der Waals surface area contributed by atoms with Gasteiger partial charge < -0.3 is 10.1 Å². The van der Waals surface area contributed by atoms with Gasteiger partial charge in [0.15, 0.2) is 0 Å². The zero-order valence-electron chi connectivity index (χ0n) is 12.0. The van der Waals surface area contributed by atoms with Gasteiger partial charge in [-0.1, -0.05) is 0 Å². The average molecular weight is 277 g/mol. The molecule has 0 bridgehead atoms. The lowest BCUT2D eigenvalue weighted by molar-refractivity contribution is -0.122. The van der Waals surface area contributed by atoms with Gasteiger partial charge in [0.1, 0.15) is 0 Å². The Morgan fingerprint density at radius 3 is 3.00 bits per heavy atom. The minimum absolute atomic E-state index is 0.0673. The molecule has 1 atom stereocenters. The quantitative estimate of drug-likeness (QED) is 0.803. The molecule has 2 rings (SSSR count). The van der Waals surface area contributed by atoms with Crippen molar-refractivity contribution in [2.24, 2.45) is 0 Å². The van der Waals surface area contributed by atoms with Crippen LogP contribution in [0, 0.1) is 0 Å². The zero-order chi connectivity index (χ0) is 14.2. The first-order valence-electron chi connectivity index (χ1n) is 7.20. The van der Waals surface area contributed by atoms with Crippen LogP contribution in [0.2, 0.25) is 0 Å². The summed E-state index contributed by atoms with van der Waals surface area (Å²) in [5, 5.41) is 2.94. The van der Waals surface area contributed by atoms with E-state index in [0.717, 1.165) is 32.4 Å². The van der Waals surface area contributed by atoms with Crippen molar-refractivity contribution in [2.45, 2.75) is 25.4 Å². The lowest BCUT2D eigenvalue weighted by Crippen LogP contribution is -2.39. The number of hydrogen-bond acceptors (Lipinski definition) is 4. The van der Waals surface area contributed by atoms with Gasteiger partial charge in [0.2, 0.25) is 5.91 Å². The van der Waals surface area contributed by atoms with Gasteiger partial charge in [0, 0.05) is 32.1 Å². The van der Waals surface area contributed by atoms with E-state index in [2.05, 4.69) is 10.3 Å². The molecule has 20 heavy (non-hydrogen) atoms. The van der Waals surface area contributed by atoms with Crippen molar-refractivity contribution in [1.82, 2.24) is 15.2 Å². The van der Waals surface area contributed by atoms with E-state index in [1.54, 1.807) is 12.4 Å². The average Bonchev–Trinajstić information content (AvgIpc) is 2.97. The Morgan fingerprint density at radius 2 is 2.30 bits per heavy atom. The first kappa shape index (κ1) is 14.9. The van der Waals surface area contributed by atoms with Gasteiger partial charge in [-0.2, -0.15) is 0 Å². The van der Waals surface area contributed by atoms with Crippen LogP contribution in [0.25, 0.3) is 0 Å². The molecule has 1 aliphatic rings. The third-order valence-corrected chi connectivity index (χ3v) is 3.50. The molecule has 0 spiro atoms. The number of carbonyl (C=O) groups excluding carboxylic acids is 1. The van der Waals surface area contributed by atoms with Crippen LogP contribution in [0.4, 0.5) is 0 Å². The second-order valence-corrected chi connectivity index (χ2v) is 5.28. The predicted molar refractivity (Wildman–Crippen MR) is 77.4 cm³/mol. The maximum Gasteiger partial charge on any atom is 0.234 e. The van der Waals surface area contributed by atoms with E-state index >= 15 is 0 Å². The van der Waals surface area contributed by atoms with Gasteiger partial charge in [-0.25, -0.2) is 0 Å². The predicted octanol–water partition coefficient (Wildman–Crippen LogP) is 0.851. The number of likely N-dealkylation sites (N-methyl/N-ethyl adjacent to an activating group) is 1. The Morgan fingerprint density at radius 1 is 1.50 bits per heavy atom. The lowest BCUT2D eigenvalue weighted by atomic mass is 10.2. The van der Waals surface area contributed by atoms with E-state index in [1.165, 1.54) is 5.56 Å². The Balaban J connectivity index is 1.60. The van der Waals surface area contributed by atoms with Crippen LogP contribution in [-0.2, 0) is 16.0 Å². The maximum absolute atomic E-state index is 11.8. The molecule has 1 unspecified atom stereocenters. The fraction of sp³-hybridized carbons (Fsp3) is 0.600. The topological polar surface area (TPSA) is 54.5 Å². The fourth-order valence-corrected chi connectivity index (χ4v) is 2.28. The van der Waals surface area contributed by atoms with Crippen LogP contribution in [0.3, 0.4) is 0 Å². The Bertz CT molecular complexity index is 405. The lowest BCUT2D eigenvalue weighted by Gasteiger charge is -2.17. The number of nitrogens with one attached hydrogen (secondary N) is 1. The van der Waals surface area contributed by atoms with Crippen LogP contribution in [0.15, 0.2) is 24.5 Å². The summed E-state index contributed by atoms with van der Waals surface area (Å²) in [6.45, 7) is 2.75. The van der Waals surface area contributed by atoms with Crippen LogP contribution in [-0.4, -0.2) is 55.2 Å². The summed E-state index contributed by atoms with van der Waals surface area (Å²) < 4.78 is 5.48. The Hall–Kier alpha value is -1.46. The number of aromatic nitrogens is 1. The largest absolute Gasteiger partial charge is 0.376 e. The van der Waals surface area contributed by atoms with Crippen LogP contribution < -0.4 is 5.32 Å². The van der Waals surface area contributed by atoms with Gasteiger partial charge in [-0.3, -0.25) is 14.7 Å². The summed E-state index contributed by atoms with van der Waals surface area (Å²) in [5.74, 6) is 0.0673. The molecule has 1 aromatic heterocycles. The SMILES string of the molecule is CN(CCc1ccncc1)CC(=O)NCC1CCCO1. The Kier molecular flexibility index (Phi) is 5.95. The molecular formula is C15H23N3O2. The molecule has 1 fully saturated rings. The number of ether oxygens (including phenoxy) is 1. The molecule has 1 saturated heterocycles. The molecule has 0 aromatic carbocycles. The van der Waals surface area contributed by atoms with Crippen molar-refractivity contribution in [3.8, 4) is 0 Å². The third-order valence-electron chi connectivity index (χ3n) is 3.50. The monoisotopic (exact) mass is 277 g/mol. The first-order chi connectivity index (χ1) is 9.74. The molecule has 1 amide bonds. The summed E-state index contributed by atoms with van der Waals surface area (Å²) in [7, 11) is 1.97. The van der Waals surface area contributed by atoms with Crippen molar-refractivity contribution in [1.29, 1.82) is 0 Å². The summed E-state index contributed by atoms with van der Waals surface area (Å²) >= 11 is 0. The van der Waals surface area contributed by atoms with Gasteiger partial charge in [0.05, 0.1) is 12.6 Å². The summed E-state index contributed by atoms with van der Waals surface area (Å²) in [6, 6.07) is 4.01. The van der Waals surface area contributed by atoms with E-state index in [0.29, 0.717) is 13.1 Å². The number of pyridine rings is 1. The number of rotatable bonds is 7. The standard InChI is InChI=1S/C15H23N3O2/c1-18(9-6-13-4-7-16-8-5-13)12-15(19)17-11-14-3-2-10-20-14/h4-5,7-8,14H,2-3,6,9-12H2,1H3,(H,17,19). The molecule has 5 heteroatoms. The minimum Gasteiger partial charge on any atom is -0.376 e. The second kappa shape index (κ2) is 7.97. The van der Waals surface area contributed by atoms with Crippen LogP contribution in [0.5, 0.6) is 0 Å². The first-order valence-corrected chi connectivity index (χ1v) is 7.20. The molecule has 1 aromatic rings. The van der Waals surface area contributed by atoms with E-state index in [9.17, 15) is 4.79 Å². The molecule has 1 aliphatic heterocycles. The highest BCUT2D eigenvalue weighted by Gasteiger charge is 2.16. The van der Waals surface area contributed by atoms with Crippen molar-refractivity contribution >= 4 is 5.91 Å². The number of nitrogens with zero attached hydrogens (tertiary/aromatic N) is 2. The maximum atomic E-state index is 11.8. The molecule has 110 valence electrons. The van der Waals surface area contributed by atoms with Crippen molar-refractivity contribution < 1.29 is 9.53 Å². The van der Waals surface area contributed by atoms with Gasteiger partial charge in [0.25, 0.3) is 0 Å². The molecule has 1 N–H and O–H groups in total. The normalized spacial score (nSPS) is 18.4. The molecular weight excluding hydrogens is 254 g/mol.